The van der Waals surface area contributed by atoms with Crippen LogP contribution in [0.5, 0.6) is 0 Å². The molecule has 24 heavy (non-hydrogen) atoms. The van der Waals surface area contributed by atoms with E-state index in [0.717, 1.165) is 18.4 Å². The molecule has 1 saturated heterocycles. The third kappa shape index (κ3) is 5.89. The first-order valence-corrected chi connectivity index (χ1v) is 10.1. The lowest BCUT2D eigenvalue weighted by atomic mass is 10.1. The van der Waals surface area contributed by atoms with Gasteiger partial charge in [-0.05, 0) is 25.3 Å². The minimum Gasteiger partial charge on any atom is -0.377 e. The zero-order valence-electron chi connectivity index (χ0n) is 14.3. The predicted molar refractivity (Wildman–Crippen MR) is 93.0 cm³/mol. The van der Waals surface area contributed by atoms with Crippen LogP contribution in [0.4, 0.5) is 0 Å². The molecule has 1 N–H and O–H groups in total. The molecule has 0 radical (unpaired) electrons. The fraction of sp³-hybridized carbons (Fsp3) is 0.588. The van der Waals surface area contributed by atoms with E-state index >= 15 is 0 Å². The van der Waals surface area contributed by atoms with E-state index in [0.29, 0.717) is 13.2 Å². The fourth-order valence-electron chi connectivity index (χ4n) is 2.77. The van der Waals surface area contributed by atoms with Crippen LogP contribution in [0.25, 0.3) is 0 Å². The number of sulfonamides is 1. The SMILES string of the molecule is CC(NC(=O)CCN(CC1CCCO1)S(C)(=O)=O)c1ccccc1. The molecule has 6 nitrogen and oxygen atoms in total. The van der Waals surface area contributed by atoms with Crippen molar-refractivity contribution in [3.05, 3.63) is 35.9 Å². The maximum atomic E-state index is 12.1. The molecule has 1 aliphatic heterocycles. The molecule has 1 aliphatic rings. The van der Waals surface area contributed by atoms with Crippen LogP contribution in [-0.2, 0) is 19.6 Å². The van der Waals surface area contributed by atoms with Crippen molar-refractivity contribution in [3.8, 4) is 0 Å². The van der Waals surface area contributed by atoms with Crippen molar-refractivity contribution in [2.75, 3.05) is 26.0 Å². The summed E-state index contributed by atoms with van der Waals surface area (Å²) in [7, 11) is -3.36. The number of nitrogens with one attached hydrogen (secondary N) is 1. The first-order valence-electron chi connectivity index (χ1n) is 8.27. The van der Waals surface area contributed by atoms with E-state index in [4.69, 9.17) is 4.74 Å². The van der Waals surface area contributed by atoms with Crippen molar-refractivity contribution in [3.63, 3.8) is 0 Å². The van der Waals surface area contributed by atoms with E-state index < -0.39 is 10.0 Å². The van der Waals surface area contributed by atoms with Crippen molar-refractivity contribution in [2.24, 2.45) is 0 Å². The van der Waals surface area contributed by atoms with E-state index in [1.165, 1.54) is 10.6 Å². The number of benzene rings is 1. The molecule has 1 heterocycles. The van der Waals surface area contributed by atoms with Crippen LogP contribution in [-0.4, -0.2) is 50.7 Å². The summed E-state index contributed by atoms with van der Waals surface area (Å²) in [6, 6.07) is 9.56. The zero-order valence-corrected chi connectivity index (χ0v) is 15.1. The number of amides is 1. The highest BCUT2D eigenvalue weighted by atomic mass is 32.2. The monoisotopic (exact) mass is 354 g/mol. The Bertz CT molecular complexity index is 627. The third-order valence-electron chi connectivity index (χ3n) is 4.17. The molecule has 1 fully saturated rings. The number of hydrogen-bond donors (Lipinski definition) is 1. The number of hydrogen-bond acceptors (Lipinski definition) is 4. The summed E-state index contributed by atoms with van der Waals surface area (Å²) in [6.07, 6.45) is 3.07. The predicted octanol–water partition coefficient (Wildman–Crippen LogP) is 1.69. The van der Waals surface area contributed by atoms with Crippen LogP contribution >= 0.6 is 0 Å². The van der Waals surface area contributed by atoms with Crippen molar-refractivity contribution in [2.45, 2.75) is 38.3 Å². The first kappa shape index (κ1) is 18.9. The topological polar surface area (TPSA) is 75.7 Å². The second kappa shape index (κ2) is 8.60. The Labute approximate surface area is 144 Å². The quantitative estimate of drug-likeness (QED) is 0.771. The Morgan fingerprint density at radius 1 is 1.38 bits per heavy atom. The molecule has 1 aromatic carbocycles. The average Bonchev–Trinajstić information content (AvgIpc) is 3.04. The molecule has 134 valence electrons. The number of rotatable bonds is 8. The van der Waals surface area contributed by atoms with Crippen LogP contribution in [0.2, 0.25) is 0 Å². The van der Waals surface area contributed by atoms with Gasteiger partial charge in [0.05, 0.1) is 18.4 Å². The number of nitrogens with zero attached hydrogens (tertiary/aromatic N) is 1. The van der Waals surface area contributed by atoms with Crippen molar-refractivity contribution >= 4 is 15.9 Å². The molecule has 7 heteroatoms. The van der Waals surface area contributed by atoms with Gasteiger partial charge in [-0.3, -0.25) is 4.79 Å². The molecule has 0 aliphatic carbocycles. The van der Waals surface area contributed by atoms with Crippen molar-refractivity contribution in [1.82, 2.24) is 9.62 Å². The zero-order chi connectivity index (χ0) is 17.6. The Hall–Kier alpha value is -1.44. The highest BCUT2D eigenvalue weighted by Gasteiger charge is 2.25. The molecule has 0 spiro atoms. The van der Waals surface area contributed by atoms with Gasteiger partial charge in [-0.25, -0.2) is 8.42 Å². The number of carbonyl (C=O) groups excluding carboxylic acids is 1. The molecule has 1 amide bonds. The lowest BCUT2D eigenvalue weighted by Crippen LogP contribution is -2.39. The van der Waals surface area contributed by atoms with Crippen LogP contribution in [0.3, 0.4) is 0 Å². The molecule has 1 aromatic rings. The van der Waals surface area contributed by atoms with Gasteiger partial charge in [-0.2, -0.15) is 4.31 Å². The smallest absolute Gasteiger partial charge is 0.221 e. The molecule has 2 unspecified atom stereocenters. The summed E-state index contributed by atoms with van der Waals surface area (Å²) in [5, 5.41) is 2.90. The van der Waals surface area contributed by atoms with E-state index in [2.05, 4.69) is 5.32 Å². The number of carbonyl (C=O) groups is 1. The normalized spacial score (nSPS) is 19.4. The summed E-state index contributed by atoms with van der Waals surface area (Å²) >= 11 is 0. The minimum absolute atomic E-state index is 0.0639. The minimum atomic E-state index is -3.36. The first-order chi connectivity index (χ1) is 11.4. The van der Waals surface area contributed by atoms with Crippen molar-refractivity contribution < 1.29 is 17.9 Å². The molecule has 0 saturated carbocycles. The van der Waals surface area contributed by atoms with E-state index in [1.54, 1.807) is 0 Å². The second-order valence-electron chi connectivity index (χ2n) is 6.21. The molecule has 0 bridgehead atoms. The van der Waals surface area contributed by atoms with Gasteiger partial charge < -0.3 is 10.1 Å². The lowest BCUT2D eigenvalue weighted by Gasteiger charge is -2.23. The van der Waals surface area contributed by atoms with Gasteiger partial charge in [0.2, 0.25) is 15.9 Å². The van der Waals surface area contributed by atoms with Gasteiger partial charge in [0.25, 0.3) is 0 Å². The van der Waals surface area contributed by atoms with E-state index in [-0.39, 0.29) is 31.0 Å². The van der Waals surface area contributed by atoms with Gasteiger partial charge in [0.15, 0.2) is 0 Å². The fourth-order valence-corrected chi connectivity index (χ4v) is 3.63. The summed E-state index contributed by atoms with van der Waals surface area (Å²) in [4.78, 5) is 12.1. The molecule has 0 aromatic heterocycles. The second-order valence-corrected chi connectivity index (χ2v) is 8.19. The largest absolute Gasteiger partial charge is 0.377 e. The van der Waals surface area contributed by atoms with Crippen LogP contribution in [0.1, 0.15) is 37.8 Å². The standard InChI is InChI=1S/C17H26N2O4S/c1-14(15-7-4-3-5-8-15)18-17(20)10-11-19(24(2,21)22)13-16-9-6-12-23-16/h3-5,7-8,14,16H,6,9-13H2,1-2H3,(H,18,20). The third-order valence-corrected chi connectivity index (χ3v) is 5.44. The van der Waals surface area contributed by atoms with Crippen LogP contribution < -0.4 is 5.32 Å². The lowest BCUT2D eigenvalue weighted by molar-refractivity contribution is -0.121. The highest BCUT2D eigenvalue weighted by molar-refractivity contribution is 7.88. The average molecular weight is 354 g/mol. The summed E-state index contributed by atoms with van der Waals surface area (Å²) in [5.41, 5.74) is 1.02. The molecular formula is C17H26N2O4S. The van der Waals surface area contributed by atoms with Gasteiger partial charge in [0, 0.05) is 26.1 Å². The summed E-state index contributed by atoms with van der Waals surface area (Å²) in [6.45, 7) is 3.08. The molecule has 2 atom stereocenters. The Kier molecular flexibility index (Phi) is 6.77. The Balaban J connectivity index is 1.85. The van der Waals surface area contributed by atoms with Gasteiger partial charge >= 0.3 is 0 Å². The van der Waals surface area contributed by atoms with E-state index in [1.807, 2.05) is 37.3 Å². The van der Waals surface area contributed by atoms with Gasteiger partial charge in [0.1, 0.15) is 0 Å². The Morgan fingerprint density at radius 2 is 2.08 bits per heavy atom. The summed E-state index contributed by atoms with van der Waals surface area (Å²) < 4.78 is 30.7. The van der Waals surface area contributed by atoms with Gasteiger partial charge in [-0.15, -0.1) is 0 Å². The number of ether oxygens (including phenoxy) is 1. The molecule has 2 rings (SSSR count). The van der Waals surface area contributed by atoms with E-state index in [9.17, 15) is 13.2 Å². The van der Waals surface area contributed by atoms with Gasteiger partial charge in [-0.1, -0.05) is 30.3 Å². The maximum Gasteiger partial charge on any atom is 0.221 e. The highest BCUT2D eigenvalue weighted by Crippen LogP contribution is 2.15. The molecular weight excluding hydrogens is 328 g/mol. The van der Waals surface area contributed by atoms with Crippen LogP contribution in [0.15, 0.2) is 30.3 Å². The summed E-state index contributed by atoms with van der Waals surface area (Å²) in [5.74, 6) is -0.160. The maximum absolute atomic E-state index is 12.1. The Morgan fingerprint density at radius 3 is 2.67 bits per heavy atom. The van der Waals surface area contributed by atoms with Crippen LogP contribution in [0, 0.1) is 0 Å². The van der Waals surface area contributed by atoms with Crippen molar-refractivity contribution in [1.29, 1.82) is 0 Å².